The minimum atomic E-state index is -1.09. The van der Waals surface area contributed by atoms with Gasteiger partial charge in [0.1, 0.15) is 11.6 Å². The average molecular weight is 473 g/mol. The molecule has 0 spiro atoms. The second-order valence-corrected chi connectivity index (χ2v) is 7.50. The van der Waals surface area contributed by atoms with Gasteiger partial charge in [-0.2, -0.15) is 0 Å². The zero-order chi connectivity index (χ0) is 23.1. The van der Waals surface area contributed by atoms with Crippen LogP contribution in [0.15, 0.2) is 36.4 Å². The van der Waals surface area contributed by atoms with Crippen LogP contribution in [0, 0.1) is 11.6 Å². The summed E-state index contributed by atoms with van der Waals surface area (Å²) >= 11 is 12.0. The predicted octanol–water partition coefficient (Wildman–Crippen LogP) is 4.20. The lowest BCUT2D eigenvalue weighted by Gasteiger charge is -2.19. The minimum Gasteiger partial charge on any atom is -0.452 e. The molecular weight excluding hydrogens is 453 g/mol. The van der Waals surface area contributed by atoms with Crippen molar-refractivity contribution in [2.24, 2.45) is 0 Å². The monoisotopic (exact) mass is 472 g/mol. The topological polar surface area (TPSA) is 84.5 Å². The molecule has 10 heteroatoms. The molecule has 166 valence electrons. The van der Waals surface area contributed by atoms with E-state index in [1.54, 1.807) is 25.1 Å². The Labute approximate surface area is 187 Å². The minimum absolute atomic E-state index is 0.153. The zero-order valence-corrected chi connectivity index (χ0v) is 18.2. The Kier molecular flexibility index (Phi) is 8.76. The Morgan fingerprint density at radius 1 is 1.06 bits per heavy atom. The number of esters is 1. The number of halogens is 4. The van der Waals surface area contributed by atoms with E-state index >= 15 is 0 Å². The normalized spacial score (nSPS) is 12.6. The first-order valence-electron chi connectivity index (χ1n) is 9.26. The van der Waals surface area contributed by atoms with Crippen LogP contribution in [-0.2, 0) is 14.3 Å². The molecule has 2 N–H and O–H groups in total. The molecule has 2 rings (SSSR count). The van der Waals surface area contributed by atoms with Crippen molar-refractivity contribution in [3.63, 3.8) is 0 Å². The molecular formula is C21H20Cl2F2N2O4. The summed E-state index contributed by atoms with van der Waals surface area (Å²) in [6.07, 6.45) is -1.34. The van der Waals surface area contributed by atoms with Gasteiger partial charge in [0.2, 0.25) is 0 Å². The second-order valence-electron chi connectivity index (χ2n) is 6.66. The fourth-order valence-electron chi connectivity index (χ4n) is 2.62. The first kappa shape index (κ1) is 24.6. The van der Waals surface area contributed by atoms with Crippen LogP contribution in [0.25, 0.3) is 0 Å². The summed E-state index contributed by atoms with van der Waals surface area (Å²) in [5.41, 5.74) is 0.297. The van der Waals surface area contributed by atoms with E-state index < -0.39 is 41.6 Å². The number of hydrogen-bond acceptors (Lipinski definition) is 4. The van der Waals surface area contributed by atoms with Crippen LogP contribution in [0.1, 0.15) is 42.2 Å². The number of carbonyl (C=O) groups is 3. The maximum absolute atomic E-state index is 13.6. The third kappa shape index (κ3) is 7.18. The van der Waals surface area contributed by atoms with Gasteiger partial charge in [0.05, 0.1) is 18.0 Å². The first-order valence-corrected chi connectivity index (χ1v) is 10.0. The summed E-state index contributed by atoms with van der Waals surface area (Å²) in [4.78, 5) is 36.1. The highest BCUT2D eigenvalue weighted by atomic mass is 35.5. The molecule has 0 saturated heterocycles. The molecule has 0 aliphatic heterocycles. The standard InChI is InChI=1S/C21H20Cl2F2N2O4/c1-11(15-5-3-13(22)9-17(15)23)27-20(29)12(2)31-19(28)7-8-26-21(30)16-6-4-14(24)10-18(16)25/h3-6,9-12H,7-8H2,1-2H3,(H,26,30)(H,27,29). The van der Waals surface area contributed by atoms with Crippen molar-refractivity contribution in [2.75, 3.05) is 6.54 Å². The van der Waals surface area contributed by atoms with Gasteiger partial charge in [0.15, 0.2) is 6.10 Å². The SMILES string of the molecule is CC(OC(=O)CCNC(=O)c1ccc(F)cc1F)C(=O)NC(C)c1ccc(Cl)cc1Cl. The van der Waals surface area contributed by atoms with Crippen molar-refractivity contribution in [1.82, 2.24) is 10.6 Å². The molecule has 2 unspecified atom stereocenters. The molecule has 0 saturated carbocycles. The van der Waals surface area contributed by atoms with Gasteiger partial charge >= 0.3 is 5.97 Å². The van der Waals surface area contributed by atoms with Crippen molar-refractivity contribution < 1.29 is 27.9 Å². The third-order valence-electron chi connectivity index (χ3n) is 4.26. The van der Waals surface area contributed by atoms with Crippen molar-refractivity contribution in [3.8, 4) is 0 Å². The Balaban J connectivity index is 1.79. The van der Waals surface area contributed by atoms with Crippen LogP contribution in [0.3, 0.4) is 0 Å². The summed E-state index contributed by atoms with van der Waals surface area (Å²) in [6.45, 7) is 2.96. The summed E-state index contributed by atoms with van der Waals surface area (Å²) in [7, 11) is 0. The lowest BCUT2D eigenvalue weighted by Crippen LogP contribution is -2.38. The number of amides is 2. The van der Waals surface area contributed by atoms with Gasteiger partial charge in [-0.15, -0.1) is 0 Å². The molecule has 2 aromatic carbocycles. The largest absolute Gasteiger partial charge is 0.452 e. The highest BCUT2D eigenvalue weighted by Gasteiger charge is 2.21. The van der Waals surface area contributed by atoms with Gasteiger partial charge in [-0.25, -0.2) is 8.78 Å². The van der Waals surface area contributed by atoms with Crippen molar-refractivity contribution >= 4 is 41.0 Å². The Morgan fingerprint density at radius 2 is 1.77 bits per heavy atom. The lowest BCUT2D eigenvalue weighted by atomic mass is 10.1. The molecule has 2 atom stereocenters. The van der Waals surface area contributed by atoms with Crippen LogP contribution in [-0.4, -0.2) is 30.4 Å². The highest BCUT2D eigenvalue weighted by Crippen LogP contribution is 2.26. The predicted molar refractivity (Wildman–Crippen MR) is 112 cm³/mol. The van der Waals surface area contributed by atoms with Gasteiger partial charge in [0.25, 0.3) is 11.8 Å². The summed E-state index contributed by atoms with van der Waals surface area (Å²) in [5.74, 6) is -3.90. The first-order chi connectivity index (χ1) is 14.6. The molecule has 0 aliphatic rings. The van der Waals surface area contributed by atoms with Crippen LogP contribution < -0.4 is 10.6 Å². The lowest BCUT2D eigenvalue weighted by molar-refractivity contribution is -0.154. The maximum Gasteiger partial charge on any atom is 0.308 e. The quantitative estimate of drug-likeness (QED) is 0.563. The van der Waals surface area contributed by atoms with Crippen molar-refractivity contribution in [3.05, 3.63) is 69.2 Å². The van der Waals surface area contributed by atoms with Gasteiger partial charge in [-0.1, -0.05) is 29.3 Å². The molecule has 0 aromatic heterocycles. The van der Waals surface area contributed by atoms with E-state index in [4.69, 9.17) is 27.9 Å². The van der Waals surface area contributed by atoms with E-state index in [0.29, 0.717) is 21.7 Å². The summed E-state index contributed by atoms with van der Waals surface area (Å²) in [5, 5.41) is 5.86. The van der Waals surface area contributed by atoms with E-state index in [0.717, 1.165) is 12.1 Å². The fourth-order valence-corrected chi connectivity index (χ4v) is 3.19. The molecule has 0 bridgehead atoms. The Hall–Kier alpha value is -2.71. The number of rotatable bonds is 8. The smallest absolute Gasteiger partial charge is 0.308 e. The summed E-state index contributed by atoms with van der Waals surface area (Å²) < 4.78 is 31.5. The van der Waals surface area contributed by atoms with E-state index in [1.807, 2.05) is 0 Å². The number of benzene rings is 2. The summed E-state index contributed by atoms with van der Waals surface area (Å²) in [6, 6.07) is 6.95. The van der Waals surface area contributed by atoms with Crippen molar-refractivity contribution in [2.45, 2.75) is 32.4 Å². The Morgan fingerprint density at radius 3 is 2.42 bits per heavy atom. The number of nitrogens with one attached hydrogen (secondary N) is 2. The molecule has 6 nitrogen and oxygen atoms in total. The molecule has 0 aliphatic carbocycles. The maximum atomic E-state index is 13.6. The average Bonchev–Trinajstić information content (AvgIpc) is 2.67. The molecule has 2 aromatic rings. The van der Waals surface area contributed by atoms with Gasteiger partial charge in [-0.3, -0.25) is 14.4 Å². The van der Waals surface area contributed by atoms with Crippen LogP contribution in [0.4, 0.5) is 8.78 Å². The van der Waals surface area contributed by atoms with E-state index in [2.05, 4.69) is 10.6 Å². The van der Waals surface area contributed by atoms with E-state index in [-0.39, 0.29) is 18.5 Å². The van der Waals surface area contributed by atoms with Crippen LogP contribution in [0.5, 0.6) is 0 Å². The molecule has 0 radical (unpaired) electrons. The van der Waals surface area contributed by atoms with E-state index in [1.165, 1.54) is 6.92 Å². The van der Waals surface area contributed by atoms with Crippen molar-refractivity contribution in [1.29, 1.82) is 0 Å². The molecule has 0 heterocycles. The highest BCUT2D eigenvalue weighted by molar-refractivity contribution is 6.35. The number of ether oxygens (including phenoxy) is 1. The molecule has 2 amide bonds. The van der Waals surface area contributed by atoms with Crippen LogP contribution in [0.2, 0.25) is 10.0 Å². The molecule has 0 fully saturated rings. The number of carbonyl (C=O) groups excluding carboxylic acids is 3. The van der Waals surface area contributed by atoms with Gasteiger partial charge in [-0.05, 0) is 43.7 Å². The van der Waals surface area contributed by atoms with Crippen LogP contribution >= 0.6 is 23.2 Å². The van der Waals surface area contributed by atoms with Gasteiger partial charge in [0, 0.05) is 22.7 Å². The second kappa shape index (κ2) is 11.1. The van der Waals surface area contributed by atoms with Gasteiger partial charge < -0.3 is 15.4 Å². The Bertz CT molecular complexity index is 988. The number of hydrogen-bond donors (Lipinski definition) is 2. The fraction of sp³-hybridized carbons (Fsp3) is 0.286. The van der Waals surface area contributed by atoms with E-state index in [9.17, 15) is 23.2 Å². The molecule has 31 heavy (non-hydrogen) atoms. The third-order valence-corrected chi connectivity index (χ3v) is 4.82. The zero-order valence-electron chi connectivity index (χ0n) is 16.7.